The smallest absolute Gasteiger partial charge is 0.251 e. The maximum atomic E-state index is 11.9. The van der Waals surface area contributed by atoms with Crippen LogP contribution in [0.25, 0.3) is 0 Å². The molecule has 17 heavy (non-hydrogen) atoms. The zero-order valence-electron chi connectivity index (χ0n) is 9.89. The zero-order valence-corrected chi connectivity index (χ0v) is 12.2. The molecule has 1 saturated carbocycles. The Labute approximate surface area is 115 Å². The Balaban J connectivity index is 1.93. The van der Waals surface area contributed by atoms with Crippen LogP contribution in [0, 0.1) is 11.3 Å². The van der Waals surface area contributed by atoms with Gasteiger partial charge in [0.15, 0.2) is 0 Å². The summed E-state index contributed by atoms with van der Waals surface area (Å²) in [5.74, 6) is 0.576. The Hall–Kier alpha value is -0.540. The summed E-state index contributed by atoms with van der Waals surface area (Å²) < 4.78 is 0.749. The number of benzene rings is 1. The van der Waals surface area contributed by atoms with Gasteiger partial charge in [0.1, 0.15) is 0 Å². The summed E-state index contributed by atoms with van der Waals surface area (Å²) in [6.45, 7) is 5.21. The second-order valence-electron chi connectivity index (χ2n) is 5.23. The minimum atomic E-state index is -0.0370. The number of nitrogens with one attached hydrogen (secondary N) is 1. The van der Waals surface area contributed by atoms with Crippen LogP contribution in [-0.4, -0.2) is 12.5 Å². The molecule has 0 radical (unpaired) electrons. The van der Waals surface area contributed by atoms with Crippen LogP contribution in [0.4, 0.5) is 0 Å². The van der Waals surface area contributed by atoms with Gasteiger partial charge in [-0.3, -0.25) is 4.79 Å². The first-order valence-electron chi connectivity index (χ1n) is 5.63. The number of amides is 1. The predicted molar refractivity (Wildman–Crippen MR) is 73.4 cm³/mol. The maximum absolute atomic E-state index is 11.9. The van der Waals surface area contributed by atoms with E-state index in [1.807, 2.05) is 0 Å². The molecule has 1 N–H and O–H groups in total. The van der Waals surface area contributed by atoms with Crippen molar-refractivity contribution >= 4 is 33.4 Å². The first kappa shape index (κ1) is 12.9. The van der Waals surface area contributed by atoms with Crippen molar-refractivity contribution in [2.75, 3.05) is 6.54 Å². The van der Waals surface area contributed by atoms with Gasteiger partial charge in [0, 0.05) is 16.6 Å². The van der Waals surface area contributed by atoms with Crippen molar-refractivity contribution in [3.8, 4) is 0 Å². The summed E-state index contributed by atoms with van der Waals surface area (Å²) in [4.78, 5) is 11.9. The normalized spacial score (nSPS) is 21.1. The van der Waals surface area contributed by atoms with E-state index in [-0.39, 0.29) is 5.91 Å². The fourth-order valence-corrected chi connectivity index (χ4v) is 2.38. The lowest BCUT2D eigenvalue weighted by Gasteiger charge is -2.07. The summed E-state index contributed by atoms with van der Waals surface area (Å²) in [5.41, 5.74) is 1.04. The molecule has 0 heterocycles. The number of hydrogen-bond donors (Lipinski definition) is 1. The number of carbonyl (C=O) groups is 1. The molecule has 1 aromatic rings. The molecule has 1 atom stereocenters. The molecule has 1 aliphatic carbocycles. The van der Waals surface area contributed by atoms with Gasteiger partial charge < -0.3 is 5.32 Å². The number of carbonyl (C=O) groups excluding carboxylic acids is 1. The van der Waals surface area contributed by atoms with Crippen molar-refractivity contribution in [1.29, 1.82) is 0 Å². The molecular formula is C13H15BrClNO. The highest BCUT2D eigenvalue weighted by molar-refractivity contribution is 9.10. The molecule has 1 unspecified atom stereocenters. The van der Waals surface area contributed by atoms with E-state index < -0.39 is 0 Å². The SMILES string of the molecule is CC1(C)CC1CNC(=O)c1ccc(Cl)c(Br)c1. The van der Waals surface area contributed by atoms with Crippen molar-refractivity contribution in [3.05, 3.63) is 33.3 Å². The number of halogens is 2. The number of hydrogen-bond acceptors (Lipinski definition) is 1. The molecule has 92 valence electrons. The first-order chi connectivity index (χ1) is 7.90. The van der Waals surface area contributed by atoms with E-state index >= 15 is 0 Å². The van der Waals surface area contributed by atoms with Gasteiger partial charge in [0.2, 0.25) is 0 Å². The molecule has 2 nitrogen and oxygen atoms in total. The third kappa shape index (κ3) is 3.02. The Bertz CT molecular complexity index is 459. The van der Waals surface area contributed by atoms with Crippen molar-refractivity contribution in [3.63, 3.8) is 0 Å². The van der Waals surface area contributed by atoms with Crippen LogP contribution in [0.3, 0.4) is 0 Å². The van der Waals surface area contributed by atoms with Crippen LogP contribution < -0.4 is 5.32 Å². The lowest BCUT2D eigenvalue weighted by atomic mass is 10.1. The third-order valence-corrected chi connectivity index (χ3v) is 4.62. The van der Waals surface area contributed by atoms with E-state index in [1.165, 1.54) is 6.42 Å². The second-order valence-corrected chi connectivity index (χ2v) is 6.49. The maximum Gasteiger partial charge on any atom is 0.251 e. The van der Waals surface area contributed by atoms with Crippen LogP contribution in [0.2, 0.25) is 5.02 Å². The summed E-state index contributed by atoms with van der Waals surface area (Å²) in [6, 6.07) is 5.21. The lowest BCUT2D eigenvalue weighted by Crippen LogP contribution is -2.26. The van der Waals surface area contributed by atoms with E-state index in [0.29, 0.717) is 21.9 Å². The van der Waals surface area contributed by atoms with Gasteiger partial charge in [-0.2, -0.15) is 0 Å². The zero-order chi connectivity index (χ0) is 12.6. The van der Waals surface area contributed by atoms with Crippen molar-refractivity contribution in [2.24, 2.45) is 11.3 Å². The van der Waals surface area contributed by atoms with Gasteiger partial charge in [-0.15, -0.1) is 0 Å². The Kier molecular flexibility index (Phi) is 3.50. The standard InChI is InChI=1S/C13H15BrClNO/c1-13(2)6-9(13)7-16-12(17)8-3-4-11(15)10(14)5-8/h3-5,9H,6-7H2,1-2H3,(H,16,17). The molecule has 0 bridgehead atoms. The van der Waals surface area contributed by atoms with Crippen LogP contribution in [0.1, 0.15) is 30.6 Å². The molecule has 1 aromatic carbocycles. The highest BCUT2D eigenvalue weighted by atomic mass is 79.9. The molecule has 1 fully saturated rings. The highest BCUT2D eigenvalue weighted by Crippen LogP contribution is 2.50. The molecular weight excluding hydrogens is 302 g/mol. The van der Waals surface area contributed by atoms with Crippen LogP contribution in [-0.2, 0) is 0 Å². The molecule has 0 aliphatic heterocycles. The quantitative estimate of drug-likeness (QED) is 0.901. The average Bonchev–Trinajstić information content (AvgIpc) is 2.87. The largest absolute Gasteiger partial charge is 0.352 e. The lowest BCUT2D eigenvalue weighted by molar-refractivity contribution is 0.0950. The van der Waals surface area contributed by atoms with Gasteiger partial charge in [-0.1, -0.05) is 25.4 Å². The van der Waals surface area contributed by atoms with Gasteiger partial charge in [-0.05, 0) is 51.9 Å². The summed E-state index contributed by atoms with van der Waals surface area (Å²) in [5, 5.41) is 3.58. The van der Waals surface area contributed by atoms with E-state index in [4.69, 9.17) is 11.6 Å². The molecule has 0 aromatic heterocycles. The van der Waals surface area contributed by atoms with Crippen LogP contribution in [0.5, 0.6) is 0 Å². The van der Waals surface area contributed by atoms with E-state index in [0.717, 1.165) is 11.0 Å². The summed E-state index contributed by atoms with van der Waals surface area (Å²) >= 11 is 9.19. The molecule has 2 rings (SSSR count). The van der Waals surface area contributed by atoms with Crippen LogP contribution >= 0.6 is 27.5 Å². The fraction of sp³-hybridized carbons (Fsp3) is 0.462. The number of rotatable bonds is 3. The Morgan fingerprint density at radius 2 is 2.24 bits per heavy atom. The minimum Gasteiger partial charge on any atom is -0.352 e. The molecule has 4 heteroatoms. The average molecular weight is 317 g/mol. The Morgan fingerprint density at radius 3 is 2.76 bits per heavy atom. The highest BCUT2D eigenvalue weighted by Gasteiger charge is 2.45. The van der Waals surface area contributed by atoms with Crippen LogP contribution in [0.15, 0.2) is 22.7 Å². The summed E-state index contributed by atoms with van der Waals surface area (Å²) in [7, 11) is 0. The second kappa shape index (κ2) is 4.62. The van der Waals surface area contributed by atoms with Gasteiger partial charge >= 0.3 is 0 Å². The summed E-state index contributed by atoms with van der Waals surface area (Å²) in [6.07, 6.45) is 1.19. The fourth-order valence-electron chi connectivity index (χ4n) is 1.88. The van der Waals surface area contributed by atoms with Crippen molar-refractivity contribution in [2.45, 2.75) is 20.3 Å². The van der Waals surface area contributed by atoms with Gasteiger partial charge in [0.25, 0.3) is 5.91 Å². The van der Waals surface area contributed by atoms with Crippen molar-refractivity contribution in [1.82, 2.24) is 5.32 Å². The Morgan fingerprint density at radius 1 is 1.59 bits per heavy atom. The van der Waals surface area contributed by atoms with Gasteiger partial charge in [0.05, 0.1) is 5.02 Å². The molecule has 0 saturated heterocycles. The molecule has 1 aliphatic rings. The molecule has 0 spiro atoms. The van der Waals surface area contributed by atoms with Crippen molar-refractivity contribution < 1.29 is 4.79 Å². The van der Waals surface area contributed by atoms with E-state index in [1.54, 1.807) is 18.2 Å². The third-order valence-electron chi connectivity index (χ3n) is 3.41. The topological polar surface area (TPSA) is 29.1 Å². The monoisotopic (exact) mass is 315 g/mol. The first-order valence-corrected chi connectivity index (χ1v) is 6.80. The van der Waals surface area contributed by atoms with E-state index in [9.17, 15) is 4.79 Å². The van der Waals surface area contributed by atoms with Gasteiger partial charge in [-0.25, -0.2) is 0 Å². The molecule has 1 amide bonds. The minimum absolute atomic E-state index is 0.0370. The predicted octanol–water partition coefficient (Wildman–Crippen LogP) is 3.88. The van der Waals surface area contributed by atoms with E-state index in [2.05, 4.69) is 35.1 Å².